The third-order valence-electron chi connectivity index (χ3n) is 4.56. The highest BCUT2D eigenvalue weighted by Gasteiger charge is 2.49. The Morgan fingerprint density at radius 2 is 1.90 bits per heavy atom. The molecule has 1 fully saturated rings. The van der Waals surface area contributed by atoms with Crippen LogP contribution in [0, 0.1) is 5.92 Å². The van der Waals surface area contributed by atoms with Crippen molar-refractivity contribution in [3.05, 3.63) is 12.2 Å². The summed E-state index contributed by atoms with van der Waals surface area (Å²) in [5.41, 5.74) is -0.720. The Morgan fingerprint density at radius 1 is 1.30 bits per heavy atom. The third-order valence-corrected chi connectivity index (χ3v) is 4.56. The zero-order chi connectivity index (χ0) is 15.3. The van der Waals surface area contributed by atoms with E-state index >= 15 is 0 Å². The molecular weight excluding hydrogens is 252 g/mol. The van der Waals surface area contributed by atoms with Crippen LogP contribution >= 0.6 is 0 Å². The maximum Gasteiger partial charge on any atom is 0.249 e. The monoisotopic (exact) mass is 280 g/mol. The van der Waals surface area contributed by atoms with Crippen LogP contribution in [-0.2, 0) is 9.59 Å². The van der Waals surface area contributed by atoms with Gasteiger partial charge in [0.25, 0.3) is 0 Å². The Labute approximate surface area is 122 Å². The predicted molar refractivity (Wildman–Crippen MR) is 81.2 cm³/mol. The molecule has 0 bridgehead atoms. The van der Waals surface area contributed by atoms with Crippen LogP contribution in [0.5, 0.6) is 0 Å². The van der Waals surface area contributed by atoms with Crippen molar-refractivity contribution in [1.82, 2.24) is 10.2 Å². The van der Waals surface area contributed by atoms with Crippen LogP contribution in [0.2, 0.25) is 0 Å². The van der Waals surface area contributed by atoms with Gasteiger partial charge in [-0.05, 0) is 25.7 Å². The molecule has 4 heteroatoms. The number of hydrogen-bond donors (Lipinski definition) is 1. The Morgan fingerprint density at radius 3 is 2.35 bits per heavy atom. The zero-order valence-corrected chi connectivity index (χ0v) is 13.4. The lowest BCUT2D eigenvalue weighted by Gasteiger charge is -2.47. The van der Waals surface area contributed by atoms with E-state index in [-0.39, 0.29) is 23.8 Å². The van der Waals surface area contributed by atoms with Crippen molar-refractivity contribution in [2.45, 2.75) is 65.5 Å². The van der Waals surface area contributed by atoms with Gasteiger partial charge in [-0.25, -0.2) is 0 Å². The highest BCUT2D eigenvalue weighted by Crippen LogP contribution is 2.28. The summed E-state index contributed by atoms with van der Waals surface area (Å²) < 4.78 is 0. The SMILES string of the molecule is C/C=C/CN1C(=O)C(CC)(CC)NC(=O)C1C(C)CC. The fraction of sp³-hybridized carbons (Fsp3) is 0.750. The van der Waals surface area contributed by atoms with Crippen molar-refractivity contribution in [1.29, 1.82) is 0 Å². The highest BCUT2D eigenvalue weighted by molar-refractivity contribution is 6.00. The summed E-state index contributed by atoms with van der Waals surface area (Å²) in [4.78, 5) is 27.2. The molecule has 0 spiro atoms. The number of carbonyl (C=O) groups excluding carboxylic acids is 2. The van der Waals surface area contributed by atoms with Crippen LogP contribution in [0.15, 0.2) is 12.2 Å². The maximum atomic E-state index is 12.9. The summed E-state index contributed by atoms with van der Waals surface area (Å²) in [5, 5.41) is 3.00. The Balaban J connectivity index is 3.16. The molecule has 0 saturated carbocycles. The molecule has 0 radical (unpaired) electrons. The first-order chi connectivity index (χ1) is 9.47. The molecule has 0 aromatic rings. The fourth-order valence-corrected chi connectivity index (χ4v) is 2.84. The van der Waals surface area contributed by atoms with E-state index in [1.165, 1.54) is 0 Å². The quantitative estimate of drug-likeness (QED) is 0.760. The van der Waals surface area contributed by atoms with Crippen molar-refractivity contribution in [2.75, 3.05) is 6.54 Å². The van der Waals surface area contributed by atoms with Gasteiger partial charge in [-0.2, -0.15) is 0 Å². The minimum absolute atomic E-state index is 0.00727. The summed E-state index contributed by atoms with van der Waals surface area (Å²) in [7, 11) is 0. The van der Waals surface area contributed by atoms with Gasteiger partial charge >= 0.3 is 0 Å². The molecule has 2 amide bonds. The lowest BCUT2D eigenvalue weighted by molar-refractivity contribution is -0.156. The minimum Gasteiger partial charge on any atom is -0.340 e. The Bertz CT molecular complexity index is 386. The molecule has 20 heavy (non-hydrogen) atoms. The van der Waals surface area contributed by atoms with E-state index in [0.29, 0.717) is 19.4 Å². The Hall–Kier alpha value is -1.32. The van der Waals surface area contributed by atoms with Crippen molar-refractivity contribution in [2.24, 2.45) is 5.92 Å². The number of nitrogens with zero attached hydrogens (tertiary/aromatic N) is 1. The summed E-state index contributed by atoms with van der Waals surface area (Å²) in [6.07, 6.45) is 6.01. The van der Waals surface area contributed by atoms with Gasteiger partial charge in [0.05, 0.1) is 0 Å². The second-order valence-electron chi connectivity index (χ2n) is 5.64. The zero-order valence-electron chi connectivity index (χ0n) is 13.4. The van der Waals surface area contributed by atoms with E-state index in [9.17, 15) is 9.59 Å². The van der Waals surface area contributed by atoms with E-state index < -0.39 is 5.54 Å². The van der Waals surface area contributed by atoms with E-state index in [1.54, 1.807) is 4.90 Å². The molecule has 0 aromatic heterocycles. The smallest absolute Gasteiger partial charge is 0.249 e. The summed E-state index contributed by atoms with van der Waals surface area (Å²) in [5.74, 6) is 0.216. The largest absolute Gasteiger partial charge is 0.340 e. The highest BCUT2D eigenvalue weighted by atomic mass is 16.2. The first-order valence-electron chi connectivity index (χ1n) is 7.71. The molecule has 1 saturated heterocycles. The normalized spacial score (nSPS) is 24.1. The van der Waals surface area contributed by atoms with Gasteiger partial charge in [-0.15, -0.1) is 0 Å². The number of hydrogen-bond acceptors (Lipinski definition) is 2. The van der Waals surface area contributed by atoms with Crippen molar-refractivity contribution < 1.29 is 9.59 Å². The maximum absolute atomic E-state index is 12.9. The number of piperazine rings is 1. The van der Waals surface area contributed by atoms with Crippen molar-refractivity contribution >= 4 is 11.8 Å². The average Bonchev–Trinajstić information content (AvgIpc) is 2.46. The number of rotatable bonds is 6. The summed E-state index contributed by atoms with van der Waals surface area (Å²) >= 11 is 0. The average molecular weight is 280 g/mol. The molecule has 4 nitrogen and oxygen atoms in total. The van der Waals surface area contributed by atoms with Gasteiger partial charge in [-0.3, -0.25) is 9.59 Å². The predicted octanol–water partition coefficient (Wildman–Crippen LogP) is 2.49. The molecular formula is C16H28N2O2. The first kappa shape index (κ1) is 16.7. The van der Waals surface area contributed by atoms with Gasteiger partial charge in [0.15, 0.2) is 0 Å². The molecule has 114 valence electrons. The van der Waals surface area contributed by atoms with Crippen LogP contribution in [0.3, 0.4) is 0 Å². The summed E-state index contributed by atoms with van der Waals surface area (Å²) in [6, 6.07) is -0.352. The topological polar surface area (TPSA) is 49.4 Å². The van der Waals surface area contributed by atoms with Crippen LogP contribution in [0.1, 0.15) is 53.9 Å². The van der Waals surface area contributed by atoms with Crippen LogP contribution in [0.25, 0.3) is 0 Å². The standard InChI is InChI=1S/C16H28N2O2/c1-6-10-11-18-13(12(5)7-2)14(19)17-16(8-3,9-4)15(18)20/h6,10,12-13H,7-9,11H2,1-5H3,(H,17,19)/b10-6+. The second-order valence-corrected chi connectivity index (χ2v) is 5.64. The second kappa shape index (κ2) is 6.91. The van der Waals surface area contributed by atoms with E-state index in [2.05, 4.69) is 12.2 Å². The van der Waals surface area contributed by atoms with Gasteiger partial charge in [0.1, 0.15) is 11.6 Å². The molecule has 1 heterocycles. The first-order valence-corrected chi connectivity index (χ1v) is 7.71. The molecule has 1 N–H and O–H groups in total. The third kappa shape index (κ3) is 2.89. The van der Waals surface area contributed by atoms with Crippen LogP contribution in [0.4, 0.5) is 0 Å². The van der Waals surface area contributed by atoms with Crippen LogP contribution < -0.4 is 5.32 Å². The van der Waals surface area contributed by atoms with Crippen molar-refractivity contribution in [3.63, 3.8) is 0 Å². The number of nitrogens with one attached hydrogen (secondary N) is 1. The van der Waals surface area contributed by atoms with Gasteiger partial charge in [0.2, 0.25) is 11.8 Å². The van der Waals surface area contributed by atoms with E-state index in [1.807, 2.05) is 39.8 Å². The molecule has 2 atom stereocenters. The van der Waals surface area contributed by atoms with Crippen molar-refractivity contribution in [3.8, 4) is 0 Å². The molecule has 0 aliphatic carbocycles. The molecule has 1 aliphatic heterocycles. The number of amides is 2. The lowest BCUT2D eigenvalue weighted by Crippen LogP contribution is -2.71. The lowest BCUT2D eigenvalue weighted by atomic mass is 9.84. The fourth-order valence-electron chi connectivity index (χ4n) is 2.84. The summed E-state index contributed by atoms with van der Waals surface area (Å²) in [6.45, 7) is 10.4. The molecule has 2 unspecified atom stereocenters. The van der Waals surface area contributed by atoms with Crippen LogP contribution in [-0.4, -0.2) is 34.8 Å². The van der Waals surface area contributed by atoms with Gasteiger partial charge in [-0.1, -0.05) is 46.3 Å². The number of carbonyl (C=O) groups is 2. The van der Waals surface area contributed by atoms with Gasteiger partial charge in [0, 0.05) is 6.54 Å². The molecule has 1 rings (SSSR count). The number of allylic oxidation sites excluding steroid dienone is 1. The van der Waals surface area contributed by atoms with Gasteiger partial charge < -0.3 is 10.2 Å². The van der Waals surface area contributed by atoms with E-state index in [4.69, 9.17) is 0 Å². The van der Waals surface area contributed by atoms with E-state index in [0.717, 1.165) is 6.42 Å². The molecule has 1 aliphatic rings. The molecule has 0 aromatic carbocycles. The Kier molecular flexibility index (Phi) is 5.78. The minimum atomic E-state index is -0.720.